The second-order valence-corrected chi connectivity index (χ2v) is 6.03. The highest BCUT2D eigenvalue weighted by atomic mass is 35.5. The zero-order valence-corrected chi connectivity index (χ0v) is 12.3. The van der Waals surface area contributed by atoms with Crippen molar-refractivity contribution in [3.63, 3.8) is 0 Å². The fraction of sp³-hybridized carbons (Fsp3) is 0.200. The summed E-state index contributed by atoms with van der Waals surface area (Å²) >= 11 is 11.8. The van der Waals surface area contributed by atoms with Gasteiger partial charge in [-0.15, -0.1) is 0 Å². The molecule has 1 saturated carbocycles. The molecule has 4 rings (SSSR count). The molecule has 1 unspecified atom stereocenters. The van der Waals surface area contributed by atoms with Crippen molar-refractivity contribution in [1.29, 1.82) is 0 Å². The molecule has 2 heterocycles. The Morgan fingerprint density at radius 1 is 1.19 bits per heavy atom. The quantitative estimate of drug-likeness (QED) is 0.698. The van der Waals surface area contributed by atoms with Crippen LogP contribution in [0.15, 0.2) is 36.7 Å². The van der Waals surface area contributed by atoms with Crippen LogP contribution < -0.4 is 0 Å². The molecule has 6 heteroatoms. The molecule has 21 heavy (non-hydrogen) atoms. The van der Waals surface area contributed by atoms with Crippen LogP contribution in [-0.2, 0) is 0 Å². The summed E-state index contributed by atoms with van der Waals surface area (Å²) in [4.78, 5) is 4.33. The van der Waals surface area contributed by atoms with Gasteiger partial charge in [0.15, 0.2) is 5.65 Å². The van der Waals surface area contributed by atoms with Crippen LogP contribution in [0.25, 0.3) is 5.65 Å². The lowest BCUT2D eigenvalue weighted by Crippen LogP contribution is -1.96. The summed E-state index contributed by atoms with van der Waals surface area (Å²) in [6.45, 7) is 0. The van der Waals surface area contributed by atoms with Gasteiger partial charge in [-0.25, -0.2) is 13.9 Å². The van der Waals surface area contributed by atoms with E-state index in [1.165, 1.54) is 6.07 Å². The molecule has 0 bridgehead atoms. The SMILES string of the molecule is Fc1cc([C@H]2CC2c2cc(Cl)nn3ccnc23)ccc1Cl. The topological polar surface area (TPSA) is 30.2 Å². The van der Waals surface area contributed by atoms with Crippen molar-refractivity contribution >= 4 is 28.8 Å². The number of hydrogen-bond donors (Lipinski definition) is 0. The van der Waals surface area contributed by atoms with Crippen molar-refractivity contribution in [2.24, 2.45) is 0 Å². The first-order chi connectivity index (χ1) is 10.1. The Hall–Kier alpha value is -1.65. The zero-order chi connectivity index (χ0) is 14.6. The highest BCUT2D eigenvalue weighted by Gasteiger charge is 2.41. The maximum absolute atomic E-state index is 13.6. The van der Waals surface area contributed by atoms with Gasteiger partial charge in [-0.3, -0.25) is 0 Å². The summed E-state index contributed by atoms with van der Waals surface area (Å²) in [6, 6.07) is 6.84. The molecule has 0 saturated heterocycles. The van der Waals surface area contributed by atoms with Crippen LogP contribution in [0, 0.1) is 5.82 Å². The van der Waals surface area contributed by atoms with Crippen molar-refractivity contribution in [1.82, 2.24) is 14.6 Å². The maximum atomic E-state index is 13.6. The van der Waals surface area contributed by atoms with Crippen molar-refractivity contribution in [3.8, 4) is 0 Å². The van der Waals surface area contributed by atoms with Crippen LogP contribution in [0.1, 0.15) is 29.4 Å². The number of aromatic nitrogens is 3. The van der Waals surface area contributed by atoms with Gasteiger partial charge in [-0.2, -0.15) is 5.10 Å². The molecular formula is C15H10Cl2FN3. The van der Waals surface area contributed by atoms with Gasteiger partial charge in [0, 0.05) is 18.0 Å². The van der Waals surface area contributed by atoms with E-state index in [4.69, 9.17) is 23.2 Å². The summed E-state index contributed by atoms with van der Waals surface area (Å²) in [5, 5.41) is 4.76. The van der Waals surface area contributed by atoms with E-state index in [0.717, 1.165) is 23.2 Å². The van der Waals surface area contributed by atoms with Gasteiger partial charge in [0.1, 0.15) is 11.0 Å². The summed E-state index contributed by atoms with van der Waals surface area (Å²) in [5.41, 5.74) is 2.82. The Kier molecular flexibility index (Phi) is 2.91. The standard InChI is InChI=1S/C15H10Cl2FN3/c16-12-2-1-8(5-13(12)18)9-6-10(9)11-7-14(17)20-21-4-3-19-15(11)21/h1-5,7,9-10H,6H2/t9-,10?/m1/s1. The first-order valence-electron chi connectivity index (χ1n) is 6.58. The van der Waals surface area contributed by atoms with Crippen LogP contribution >= 0.6 is 23.2 Å². The van der Waals surface area contributed by atoms with E-state index in [9.17, 15) is 4.39 Å². The number of hydrogen-bond acceptors (Lipinski definition) is 2. The van der Waals surface area contributed by atoms with Gasteiger partial charge in [-0.05, 0) is 42.0 Å². The lowest BCUT2D eigenvalue weighted by atomic mass is 10.1. The summed E-state index contributed by atoms with van der Waals surface area (Å²) in [7, 11) is 0. The molecule has 106 valence electrons. The number of fused-ring (bicyclic) bond motifs is 1. The van der Waals surface area contributed by atoms with Crippen LogP contribution in [0.4, 0.5) is 4.39 Å². The highest BCUT2D eigenvalue weighted by Crippen LogP contribution is 2.55. The fourth-order valence-corrected chi connectivity index (χ4v) is 3.15. The smallest absolute Gasteiger partial charge is 0.157 e. The highest BCUT2D eigenvalue weighted by molar-refractivity contribution is 6.30. The third-order valence-corrected chi connectivity index (χ3v) is 4.41. The number of nitrogens with zero attached hydrogens (tertiary/aromatic N) is 3. The third-order valence-electron chi connectivity index (χ3n) is 3.92. The molecule has 1 fully saturated rings. The van der Waals surface area contributed by atoms with Gasteiger partial charge < -0.3 is 0 Å². The van der Waals surface area contributed by atoms with E-state index in [1.807, 2.05) is 12.1 Å². The van der Waals surface area contributed by atoms with Crippen LogP contribution in [0.2, 0.25) is 10.2 Å². The van der Waals surface area contributed by atoms with E-state index in [2.05, 4.69) is 10.1 Å². The van der Waals surface area contributed by atoms with E-state index in [1.54, 1.807) is 23.0 Å². The average molecular weight is 322 g/mol. The van der Waals surface area contributed by atoms with E-state index < -0.39 is 0 Å². The number of benzene rings is 1. The minimum atomic E-state index is -0.376. The first kappa shape index (κ1) is 13.0. The molecule has 0 radical (unpaired) electrons. The maximum Gasteiger partial charge on any atom is 0.157 e. The van der Waals surface area contributed by atoms with Gasteiger partial charge in [0.2, 0.25) is 0 Å². The van der Waals surface area contributed by atoms with Gasteiger partial charge in [0.05, 0.1) is 5.02 Å². The molecule has 1 aromatic carbocycles. The molecule has 2 aromatic heterocycles. The number of rotatable bonds is 2. The minimum absolute atomic E-state index is 0.151. The molecule has 0 aliphatic heterocycles. The summed E-state index contributed by atoms with van der Waals surface area (Å²) in [6.07, 6.45) is 4.41. The Balaban J connectivity index is 1.72. The molecule has 2 atom stereocenters. The number of imidazole rings is 1. The van der Waals surface area contributed by atoms with Crippen molar-refractivity contribution in [2.75, 3.05) is 0 Å². The predicted molar refractivity (Wildman–Crippen MR) is 79.5 cm³/mol. The fourth-order valence-electron chi connectivity index (χ4n) is 2.83. The average Bonchev–Trinajstić information content (AvgIpc) is 3.11. The molecule has 3 aromatic rings. The predicted octanol–water partition coefficient (Wildman–Crippen LogP) is 4.45. The van der Waals surface area contributed by atoms with Gasteiger partial charge >= 0.3 is 0 Å². The second-order valence-electron chi connectivity index (χ2n) is 5.24. The Labute approximate surface area is 130 Å². The van der Waals surface area contributed by atoms with Crippen molar-refractivity contribution in [3.05, 3.63) is 63.8 Å². The first-order valence-corrected chi connectivity index (χ1v) is 7.34. The van der Waals surface area contributed by atoms with Crippen molar-refractivity contribution in [2.45, 2.75) is 18.3 Å². The van der Waals surface area contributed by atoms with Gasteiger partial charge in [0.25, 0.3) is 0 Å². The lowest BCUT2D eigenvalue weighted by molar-refractivity contribution is 0.626. The van der Waals surface area contributed by atoms with Crippen LogP contribution in [0.5, 0.6) is 0 Å². The normalized spacial score (nSPS) is 20.9. The Bertz CT molecular complexity index is 846. The minimum Gasteiger partial charge on any atom is -0.235 e. The largest absolute Gasteiger partial charge is 0.235 e. The van der Waals surface area contributed by atoms with E-state index >= 15 is 0 Å². The monoisotopic (exact) mass is 321 g/mol. The zero-order valence-electron chi connectivity index (χ0n) is 10.8. The lowest BCUT2D eigenvalue weighted by Gasteiger charge is -2.05. The molecule has 3 nitrogen and oxygen atoms in total. The number of halogens is 3. The Morgan fingerprint density at radius 3 is 2.86 bits per heavy atom. The van der Waals surface area contributed by atoms with Gasteiger partial charge in [-0.1, -0.05) is 29.3 Å². The molecule has 0 amide bonds. The van der Waals surface area contributed by atoms with E-state index in [-0.39, 0.29) is 22.7 Å². The molecule has 1 aliphatic carbocycles. The van der Waals surface area contributed by atoms with Crippen LogP contribution in [-0.4, -0.2) is 14.6 Å². The summed E-state index contributed by atoms with van der Waals surface area (Å²) < 4.78 is 15.3. The second kappa shape index (κ2) is 4.68. The summed E-state index contributed by atoms with van der Waals surface area (Å²) in [5.74, 6) is 0.185. The molecule has 1 aliphatic rings. The molecule has 0 N–H and O–H groups in total. The Morgan fingerprint density at radius 2 is 2.05 bits per heavy atom. The van der Waals surface area contributed by atoms with Crippen molar-refractivity contribution < 1.29 is 4.39 Å². The molecular weight excluding hydrogens is 312 g/mol. The van der Waals surface area contributed by atoms with Crippen LogP contribution in [0.3, 0.4) is 0 Å². The molecule has 0 spiro atoms. The van der Waals surface area contributed by atoms with E-state index in [0.29, 0.717) is 5.15 Å². The third kappa shape index (κ3) is 2.19.